The highest BCUT2D eigenvalue weighted by atomic mass is 79.9. The van der Waals surface area contributed by atoms with Crippen LogP contribution in [-0.4, -0.2) is 86.9 Å². The minimum absolute atomic E-state index is 0.158. The van der Waals surface area contributed by atoms with E-state index in [2.05, 4.69) is 61.2 Å². The van der Waals surface area contributed by atoms with Crippen LogP contribution in [0.2, 0.25) is 0 Å². The summed E-state index contributed by atoms with van der Waals surface area (Å²) in [6.07, 6.45) is 7.33. The van der Waals surface area contributed by atoms with E-state index in [4.69, 9.17) is 17.2 Å². The number of hydrogen-bond donors (Lipinski definition) is 5. The number of fused-ring (bicyclic) bond motifs is 7. The Balaban J connectivity index is 0.000000139. The highest BCUT2D eigenvalue weighted by Crippen LogP contribution is 2.32. The van der Waals surface area contributed by atoms with Gasteiger partial charge in [0.2, 0.25) is 0 Å². The van der Waals surface area contributed by atoms with Crippen molar-refractivity contribution in [2.24, 2.45) is 5.73 Å². The van der Waals surface area contributed by atoms with Gasteiger partial charge in [-0.05, 0) is 59.7 Å². The number of carbonyl (C=O) groups excluding carboxylic acids is 2. The number of nitrogen functional groups attached to an aromatic ring is 2. The zero-order chi connectivity index (χ0) is 46.8. The van der Waals surface area contributed by atoms with Crippen molar-refractivity contribution in [3.05, 3.63) is 144 Å². The number of esters is 1. The number of H-pyrrole nitrogens is 2. The van der Waals surface area contributed by atoms with Gasteiger partial charge in [-0.25, -0.2) is 23.5 Å². The highest BCUT2D eigenvalue weighted by molar-refractivity contribution is 9.08. The van der Waals surface area contributed by atoms with E-state index in [0.717, 1.165) is 66.2 Å². The molecule has 67 heavy (non-hydrogen) atoms. The van der Waals surface area contributed by atoms with Crippen LogP contribution in [0.3, 0.4) is 0 Å². The second kappa shape index (κ2) is 18.8. The molecule has 338 valence electrons. The smallest absolute Gasteiger partial charge is 0.338 e. The molecule has 1 aliphatic rings. The SMILES string of the molecule is COC(=O)c1cc(F)ccc1CBr.NCCn1cc2c(n1)c(N)nc1cc(-c3ccn[nH]3)ccc12.Nc1nc2cc(-c3ccn[nH]3)ccc2c2cn(CCN3Cc4ccc(F)cc4C3=O)nc12. The second-order valence-electron chi connectivity index (χ2n) is 15.5. The minimum Gasteiger partial charge on any atom is -0.465 e. The summed E-state index contributed by atoms with van der Waals surface area (Å²) in [5, 5.41) is 27.3. The van der Waals surface area contributed by atoms with Gasteiger partial charge in [-0.1, -0.05) is 52.3 Å². The molecule has 0 radical (unpaired) electrons. The number of hydrogen-bond acceptors (Lipinski definition) is 12. The molecule has 0 unspecified atom stereocenters. The summed E-state index contributed by atoms with van der Waals surface area (Å²) in [5.41, 5.74) is 26.9. The molecule has 0 aliphatic carbocycles. The molecule has 0 saturated heterocycles. The molecule has 6 aromatic heterocycles. The highest BCUT2D eigenvalue weighted by Gasteiger charge is 2.27. The number of alkyl halides is 1. The number of carbonyl (C=O) groups is 2. The summed E-state index contributed by atoms with van der Waals surface area (Å²) in [6.45, 7) is 2.60. The van der Waals surface area contributed by atoms with E-state index >= 15 is 0 Å². The first-order valence-electron chi connectivity index (χ1n) is 20.8. The summed E-state index contributed by atoms with van der Waals surface area (Å²) >= 11 is 3.20. The van der Waals surface area contributed by atoms with Crippen LogP contribution in [0, 0.1) is 11.6 Å². The fraction of sp³-hybridized carbons (Fsp3) is 0.149. The Morgan fingerprint density at radius 3 is 1.84 bits per heavy atom. The molecular formula is C47H41BrF2N14O3. The van der Waals surface area contributed by atoms with Gasteiger partial charge in [0.05, 0.1) is 48.2 Å². The fourth-order valence-electron chi connectivity index (χ4n) is 7.92. The van der Waals surface area contributed by atoms with Crippen molar-refractivity contribution in [1.29, 1.82) is 0 Å². The van der Waals surface area contributed by atoms with E-state index < -0.39 is 17.6 Å². The Kier molecular flexibility index (Phi) is 12.4. The number of aromatic amines is 2. The van der Waals surface area contributed by atoms with E-state index in [0.29, 0.717) is 66.3 Å². The zero-order valence-electron chi connectivity index (χ0n) is 35.8. The third-order valence-corrected chi connectivity index (χ3v) is 11.8. The van der Waals surface area contributed by atoms with Gasteiger partial charge in [0.1, 0.15) is 22.7 Å². The van der Waals surface area contributed by atoms with Crippen molar-refractivity contribution in [2.45, 2.75) is 25.0 Å². The van der Waals surface area contributed by atoms with Crippen molar-refractivity contribution in [3.63, 3.8) is 0 Å². The Labute approximate surface area is 388 Å². The first-order valence-corrected chi connectivity index (χ1v) is 22.0. The Bertz CT molecular complexity index is 3450. The van der Waals surface area contributed by atoms with Gasteiger partial charge in [0.15, 0.2) is 11.6 Å². The number of nitrogens with one attached hydrogen (secondary N) is 2. The molecule has 1 amide bonds. The number of rotatable bonds is 9. The molecule has 1 aliphatic heterocycles. The van der Waals surface area contributed by atoms with Crippen LogP contribution in [0.1, 0.15) is 31.8 Å². The van der Waals surface area contributed by atoms with Crippen LogP contribution in [-0.2, 0) is 29.7 Å². The van der Waals surface area contributed by atoms with E-state index in [1.54, 1.807) is 34.1 Å². The number of benzene rings is 4. The van der Waals surface area contributed by atoms with Gasteiger partial charge in [-0.3, -0.25) is 24.4 Å². The maximum atomic E-state index is 13.5. The summed E-state index contributed by atoms with van der Waals surface area (Å²) in [6, 6.07) is 24.2. The molecule has 10 aromatic rings. The lowest BCUT2D eigenvalue weighted by molar-refractivity contribution is 0.0599. The van der Waals surface area contributed by atoms with Crippen molar-refractivity contribution in [1.82, 2.24) is 54.8 Å². The molecule has 0 saturated carbocycles. The van der Waals surface area contributed by atoms with Crippen LogP contribution in [0.4, 0.5) is 20.4 Å². The van der Waals surface area contributed by atoms with Crippen LogP contribution < -0.4 is 17.2 Å². The van der Waals surface area contributed by atoms with Crippen molar-refractivity contribution in [2.75, 3.05) is 31.7 Å². The first-order chi connectivity index (χ1) is 32.5. The number of ether oxygens (including phenoxy) is 1. The molecule has 0 spiro atoms. The quantitative estimate of drug-likeness (QED) is 0.0703. The number of aromatic nitrogens is 10. The number of anilines is 2. The molecule has 4 aromatic carbocycles. The summed E-state index contributed by atoms with van der Waals surface area (Å²) in [4.78, 5) is 34.5. The van der Waals surface area contributed by atoms with E-state index in [1.165, 1.54) is 31.4 Å². The maximum Gasteiger partial charge on any atom is 0.338 e. The third kappa shape index (κ3) is 8.99. The van der Waals surface area contributed by atoms with Gasteiger partial charge in [-0.2, -0.15) is 20.4 Å². The van der Waals surface area contributed by atoms with Crippen LogP contribution in [0.25, 0.3) is 66.1 Å². The lowest BCUT2D eigenvalue weighted by atomic mass is 10.1. The Morgan fingerprint density at radius 2 is 1.30 bits per heavy atom. The molecule has 8 N–H and O–H groups in total. The van der Waals surface area contributed by atoms with Crippen molar-refractivity contribution >= 4 is 83.1 Å². The third-order valence-electron chi connectivity index (χ3n) is 11.2. The lowest BCUT2D eigenvalue weighted by Gasteiger charge is -2.15. The number of amides is 1. The summed E-state index contributed by atoms with van der Waals surface area (Å²) in [5.74, 6) is -0.732. The van der Waals surface area contributed by atoms with Gasteiger partial charge in [0, 0.05) is 88.0 Å². The molecule has 17 nitrogen and oxygen atoms in total. The molecule has 11 rings (SSSR count). The van der Waals surface area contributed by atoms with E-state index in [-0.39, 0.29) is 11.5 Å². The molecular weight excluding hydrogens is 927 g/mol. The maximum absolute atomic E-state index is 13.5. The fourth-order valence-corrected chi connectivity index (χ4v) is 8.41. The topological polar surface area (TPSA) is 243 Å². The summed E-state index contributed by atoms with van der Waals surface area (Å²) < 4.78 is 34.3. The van der Waals surface area contributed by atoms with Crippen LogP contribution in [0.15, 0.2) is 110 Å². The molecule has 0 bridgehead atoms. The lowest BCUT2D eigenvalue weighted by Crippen LogP contribution is -2.28. The van der Waals surface area contributed by atoms with E-state index in [9.17, 15) is 18.4 Å². The first kappa shape index (κ1) is 44.1. The van der Waals surface area contributed by atoms with Crippen LogP contribution >= 0.6 is 15.9 Å². The zero-order valence-corrected chi connectivity index (χ0v) is 37.3. The Hall–Kier alpha value is -8.10. The van der Waals surface area contributed by atoms with Gasteiger partial charge >= 0.3 is 5.97 Å². The van der Waals surface area contributed by atoms with Gasteiger partial charge in [-0.15, -0.1) is 0 Å². The van der Waals surface area contributed by atoms with Gasteiger partial charge in [0.25, 0.3) is 5.91 Å². The Morgan fingerprint density at radius 1 is 0.731 bits per heavy atom. The molecule has 0 fully saturated rings. The van der Waals surface area contributed by atoms with Gasteiger partial charge < -0.3 is 26.8 Å². The largest absolute Gasteiger partial charge is 0.465 e. The summed E-state index contributed by atoms with van der Waals surface area (Å²) in [7, 11) is 1.27. The molecule has 0 atom stereocenters. The number of methoxy groups -OCH3 is 1. The monoisotopic (exact) mass is 966 g/mol. The normalized spacial score (nSPS) is 12.1. The van der Waals surface area contributed by atoms with Crippen LogP contribution in [0.5, 0.6) is 0 Å². The number of pyridine rings is 2. The standard InChI is InChI=1S/C23H18FN7O.C15H15N7.C9H8BrFO2/c24-15-3-1-14-11-30(23(32)17(14)10-15)7-8-31-12-18-16-4-2-13(19-5-6-26-28-19)9-20(16)27-22(25)21(18)29-31;16-4-6-22-8-11-10-2-1-9(12-3-5-18-20-12)7-13(10)19-15(17)14(11)21-22;1-13-9(12)8-4-7(11)3-2-6(8)5-10/h1-6,9-10,12H,7-8,11H2,(H2,25,27)(H,26,28);1-3,5,7-8H,4,6,16H2,(H2,17,19)(H,18,20);2-4H,5H2,1H3. The average molecular weight is 968 g/mol. The predicted octanol–water partition coefficient (Wildman–Crippen LogP) is 7.37. The molecule has 20 heteroatoms. The number of nitrogens with two attached hydrogens (primary N) is 3. The molecule has 7 heterocycles. The minimum atomic E-state index is -0.519. The number of halogens is 3. The predicted molar refractivity (Wildman–Crippen MR) is 255 cm³/mol. The average Bonchev–Trinajstić information content (AvgIpc) is 4.20. The van der Waals surface area contributed by atoms with Crippen molar-refractivity contribution < 1.29 is 23.1 Å². The number of nitrogens with zero attached hydrogens (tertiary/aromatic N) is 9. The van der Waals surface area contributed by atoms with Crippen molar-refractivity contribution in [3.8, 4) is 22.5 Å². The second-order valence-corrected chi connectivity index (χ2v) is 16.0. The van der Waals surface area contributed by atoms with E-state index in [1.807, 2.05) is 65.6 Å².